The van der Waals surface area contributed by atoms with Crippen molar-refractivity contribution in [2.24, 2.45) is 10.1 Å². The van der Waals surface area contributed by atoms with Gasteiger partial charge < -0.3 is 4.74 Å². The molecule has 6 nitrogen and oxygen atoms in total. The summed E-state index contributed by atoms with van der Waals surface area (Å²) in [5.41, 5.74) is 1.44. The van der Waals surface area contributed by atoms with E-state index >= 15 is 0 Å². The number of aliphatic imine (C=N–C) groups is 1. The molecule has 0 aromatic heterocycles. The number of benzene rings is 2. The first kappa shape index (κ1) is 19.9. The number of carbonyl (C=O) groups is 1. The molecule has 4 rings (SSSR count). The molecule has 2 aliphatic rings. The van der Waals surface area contributed by atoms with Gasteiger partial charge in [0, 0.05) is 0 Å². The molecule has 0 saturated heterocycles. The molecule has 0 unspecified atom stereocenters. The molecule has 0 atom stereocenters. The molecule has 2 aromatic carbocycles. The van der Waals surface area contributed by atoms with Crippen molar-refractivity contribution < 1.29 is 22.7 Å². The van der Waals surface area contributed by atoms with Gasteiger partial charge in [0.2, 0.25) is 10.2 Å². The van der Waals surface area contributed by atoms with Gasteiger partial charge in [-0.25, -0.2) is 0 Å². The second kappa shape index (κ2) is 7.79. The van der Waals surface area contributed by atoms with Gasteiger partial charge in [-0.15, -0.1) is 0 Å². The molecule has 1 N–H and O–H groups in total. The number of thioether (sulfide) groups is 1. The Labute approximate surface area is 173 Å². The van der Waals surface area contributed by atoms with E-state index in [1.807, 2.05) is 30.3 Å². The number of halogens is 3. The van der Waals surface area contributed by atoms with Crippen molar-refractivity contribution in [3.63, 3.8) is 0 Å². The third kappa shape index (κ3) is 4.13. The second-order valence-electron chi connectivity index (χ2n) is 6.27. The fourth-order valence-electron chi connectivity index (χ4n) is 2.67. The van der Waals surface area contributed by atoms with Gasteiger partial charge in [0.1, 0.15) is 12.4 Å². The first-order chi connectivity index (χ1) is 14.3. The van der Waals surface area contributed by atoms with Crippen LogP contribution >= 0.6 is 11.8 Å². The smallest absolute Gasteiger partial charge is 0.441 e. The molecule has 0 bridgehead atoms. The van der Waals surface area contributed by atoms with Gasteiger partial charge in [-0.3, -0.25) is 10.2 Å². The summed E-state index contributed by atoms with van der Waals surface area (Å²) in [4.78, 5) is 15.9. The van der Waals surface area contributed by atoms with Gasteiger partial charge in [-0.1, -0.05) is 42.5 Å². The monoisotopic (exact) mass is 430 g/mol. The Morgan fingerprint density at radius 3 is 2.47 bits per heavy atom. The third-order valence-electron chi connectivity index (χ3n) is 4.14. The molecule has 30 heavy (non-hydrogen) atoms. The van der Waals surface area contributed by atoms with E-state index in [1.54, 1.807) is 24.3 Å². The van der Waals surface area contributed by atoms with Crippen molar-refractivity contribution in [2.75, 3.05) is 0 Å². The van der Waals surface area contributed by atoms with Crippen molar-refractivity contribution >= 4 is 39.8 Å². The highest BCUT2D eigenvalue weighted by Crippen LogP contribution is 2.35. The summed E-state index contributed by atoms with van der Waals surface area (Å²) in [6, 6.07) is 16.4. The topological polar surface area (TPSA) is 78.1 Å². The Hall–Kier alpha value is -3.40. The van der Waals surface area contributed by atoms with E-state index in [1.165, 1.54) is 6.08 Å². The lowest BCUT2D eigenvalue weighted by molar-refractivity contribution is -0.114. The molecule has 0 radical (unpaired) electrons. The average Bonchev–Trinajstić information content (AvgIpc) is 3.16. The number of carbonyl (C=O) groups excluding carboxylic acids is 1. The maximum atomic E-state index is 12.9. The molecule has 0 spiro atoms. The summed E-state index contributed by atoms with van der Waals surface area (Å²) in [5.74, 6) is -0.635. The van der Waals surface area contributed by atoms with E-state index in [4.69, 9.17) is 10.1 Å². The maximum Gasteiger partial charge on any atom is 0.441 e. The number of hydrazone groups is 1. The van der Waals surface area contributed by atoms with Crippen LogP contribution < -0.4 is 4.74 Å². The quantitative estimate of drug-likeness (QED) is 0.727. The van der Waals surface area contributed by atoms with Gasteiger partial charge in [-0.05, 0) is 41.1 Å². The minimum absolute atomic E-state index is 0.149. The number of amides is 1. The van der Waals surface area contributed by atoms with E-state index in [-0.39, 0.29) is 22.5 Å². The average molecular weight is 430 g/mol. The van der Waals surface area contributed by atoms with Crippen LogP contribution in [0.25, 0.3) is 6.08 Å². The van der Waals surface area contributed by atoms with Crippen LogP contribution in [0.4, 0.5) is 13.2 Å². The lowest BCUT2D eigenvalue weighted by Crippen LogP contribution is -2.35. The van der Waals surface area contributed by atoms with Crippen molar-refractivity contribution in [1.29, 1.82) is 5.41 Å². The molecular formula is C20H13F3N4O2S. The van der Waals surface area contributed by atoms with Crippen molar-refractivity contribution in [2.45, 2.75) is 12.8 Å². The van der Waals surface area contributed by atoms with Crippen LogP contribution in [-0.4, -0.2) is 33.1 Å². The number of nitrogens with one attached hydrogen (secondary N) is 1. The predicted octanol–water partition coefficient (Wildman–Crippen LogP) is 4.45. The molecule has 2 heterocycles. The van der Waals surface area contributed by atoms with Crippen molar-refractivity contribution in [3.05, 3.63) is 71.3 Å². The first-order valence-corrected chi connectivity index (χ1v) is 9.47. The zero-order valence-corrected chi connectivity index (χ0v) is 16.0. The molecule has 152 valence electrons. The molecule has 2 aromatic rings. The highest BCUT2D eigenvalue weighted by molar-refractivity contribution is 8.27. The zero-order valence-electron chi connectivity index (χ0n) is 15.2. The van der Waals surface area contributed by atoms with Gasteiger partial charge in [-0.2, -0.15) is 28.3 Å². The maximum absolute atomic E-state index is 12.9. The molecule has 0 fully saturated rings. The number of rotatable bonds is 4. The fourth-order valence-corrected chi connectivity index (χ4v) is 3.43. The van der Waals surface area contributed by atoms with Gasteiger partial charge >= 0.3 is 6.18 Å². The van der Waals surface area contributed by atoms with Crippen LogP contribution in [0.15, 0.2) is 70.3 Å². The van der Waals surface area contributed by atoms with E-state index in [2.05, 4.69) is 10.1 Å². The molecule has 2 aliphatic heterocycles. The SMILES string of the molecule is N=C1C(=Cc2ccc(OCc3ccccc3)cc2)C(=O)N=C2SC(C(F)(F)F)=NN12. The van der Waals surface area contributed by atoms with E-state index < -0.39 is 23.0 Å². The number of fused-ring (bicyclic) bond motifs is 1. The summed E-state index contributed by atoms with van der Waals surface area (Å²) < 4.78 is 44.3. The van der Waals surface area contributed by atoms with Crippen LogP contribution in [-0.2, 0) is 11.4 Å². The number of amidine groups is 2. The highest BCUT2D eigenvalue weighted by atomic mass is 32.2. The lowest BCUT2D eigenvalue weighted by Gasteiger charge is -2.20. The van der Waals surface area contributed by atoms with Gasteiger partial charge in [0.05, 0.1) is 5.57 Å². The molecule has 0 aliphatic carbocycles. The number of hydrogen-bond donors (Lipinski definition) is 1. The lowest BCUT2D eigenvalue weighted by atomic mass is 10.1. The van der Waals surface area contributed by atoms with E-state index in [0.717, 1.165) is 10.6 Å². The Balaban J connectivity index is 1.50. The van der Waals surface area contributed by atoms with Gasteiger partial charge in [0.25, 0.3) is 5.91 Å². The Morgan fingerprint density at radius 1 is 1.10 bits per heavy atom. The molecule has 10 heteroatoms. The summed E-state index contributed by atoms with van der Waals surface area (Å²) in [7, 11) is 0. The minimum atomic E-state index is -4.67. The summed E-state index contributed by atoms with van der Waals surface area (Å²) in [5, 5.41) is 10.7. The van der Waals surface area contributed by atoms with E-state index in [9.17, 15) is 18.0 Å². The largest absolute Gasteiger partial charge is 0.489 e. The Bertz CT molecular complexity index is 1090. The number of ether oxygens (including phenoxy) is 1. The van der Waals surface area contributed by atoms with Crippen molar-refractivity contribution in [3.8, 4) is 5.75 Å². The zero-order chi connectivity index (χ0) is 21.3. The third-order valence-corrected chi connectivity index (χ3v) is 5.09. The van der Waals surface area contributed by atoms with Crippen molar-refractivity contribution in [1.82, 2.24) is 5.01 Å². The Morgan fingerprint density at radius 2 is 1.80 bits per heavy atom. The second-order valence-corrected chi connectivity index (χ2v) is 7.22. The van der Waals surface area contributed by atoms with Crippen LogP contribution in [0, 0.1) is 5.41 Å². The minimum Gasteiger partial charge on any atom is -0.489 e. The van der Waals surface area contributed by atoms with Crippen LogP contribution in [0.1, 0.15) is 11.1 Å². The first-order valence-electron chi connectivity index (χ1n) is 8.65. The standard InChI is InChI=1S/C20H13F3N4O2S/c21-20(22,23)18-26-27-16(24)15(17(28)25-19(27)30-18)10-12-6-8-14(9-7-12)29-11-13-4-2-1-3-5-13/h1-10,24H,11H2. The number of alkyl halides is 3. The van der Waals surface area contributed by atoms with Crippen LogP contribution in [0.3, 0.4) is 0 Å². The predicted molar refractivity (Wildman–Crippen MR) is 108 cm³/mol. The molecular weight excluding hydrogens is 417 g/mol. The molecule has 0 saturated carbocycles. The number of nitrogens with zero attached hydrogens (tertiary/aromatic N) is 3. The Kier molecular flexibility index (Phi) is 5.17. The van der Waals surface area contributed by atoms with Crippen LogP contribution in [0.2, 0.25) is 0 Å². The fraction of sp³-hybridized carbons (Fsp3) is 0.100. The summed E-state index contributed by atoms with van der Waals surface area (Å²) in [6.45, 7) is 0.397. The van der Waals surface area contributed by atoms with E-state index in [0.29, 0.717) is 17.9 Å². The van der Waals surface area contributed by atoms with Crippen LogP contribution in [0.5, 0.6) is 5.75 Å². The van der Waals surface area contributed by atoms with Gasteiger partial charge in [0.15, 0.2) is 5.84 Å². The number of hydrogen-bond acceptors (Lipinski definition) is 5. The summed E-state index contributed by atoms with van der Waals surface area (Å²) >= 11 is 0.218. The molecule has 1 amide bonds. The summed E-state index contributed by atoms with van der Waals surface area (Å²) in [6.07, 6.45) is -3.29. The normalized spacial score (nSPS) is 17.7. The highest BCUT2D eigenvalue weighted by Gasteiger charge is 2.46.